The zero-order chi connectivity index (χ0) is 16.1. The van der Waals surface area contributed by atoms with Crippen LogP contribution in [0.4, 0.5) is 0 Å². The van der Waals surface area contributed by atoms with Crippen molar-refractivity contribution in [3.05, 3.63) is 28.2 Å². The van der Waals surface area contributed by atoms with Crippen molar-refractivity contribution in [1.82, 2.24) is 20.4 Å². The van der Waals surface area contributed by atoms with Crippen LogP contribution in [-0.4, -0.2) is 34.7 Å². The first-order valence-corrected chi connectivity index (χ1v) is 7.67. The number of aromatic nitrogens is 2. The van der Waals surface area contributed by atoms with Crippen molar-refractivity contribution >= 4 is 11.8 Å². The van der Waals surface area contributed by atoms with E-state index in [0.29, 0.717) is 6.54 Å². The SMILES string of the molecule is CCn1nc(C(=O)N[C@@H]2CCCC[C@@H]2C(=O)NC)ccc1=O. The molecule has 1 aliphatic rings. The summed E-state index contributed by atoms with van der Waals surface area (Å²) in [6.07, 6.45) is 3.52. The summed E-state index contributed by atoms with van der Waals surface area (Å²) in [6, 6.07) is 2.56. The van der Waals surface area contributed by atoms with Crippen LogP contribution in [0.1, 0.15) is 43.1 Å². The molecule has 0 saturated heterocycles. The van der Waals surface area contributed by atoms with E-state index in [2.05, 4.69) is 15.7 Å². The molecule has 2 rings (SSSR count). The maximum Gasteiger partial charge on any atom is 0.271 e. The maximum atomic E-state index is 12.3. The van der Waals surface area contributed by atoms with Crippen molar-refractivity contribution in [2.45, 2.75) is 45.2 Å². The molecule has 1 heterocycles. The Morgan fingerprint density at radius 2 is 2.05 bits per heavy atom. The van der Waals surface area contributed by atoms with Gasteiger partial charge < -0.3 is 10.6 Å². The largest absolute Gasteiger partial charge is 0.359 e. The van der Waals surface area contributed by atoms with Gasteiger partial charge in [-0.25, -0.2) is 4.68 Å². The van der Waals surface area contributed by atoms with Gasteiger partial charge in [0.05, 0.1) is 5.92 Å². The fourth-order valence-electron chi connectivity index (χ4n) is 2.84. The molecular formula is C15H22N4O3. The summed E-state index contributed by atoms with van der Waals surface area (Å²) in [5.74, 6) is -0.598. The summed E-state index contributed by atoms with van der Waals surface area (Å²) in [5.41, 5.74) is -0.0392. The number of carbonyl (C=O) groups excluding carboxylic acids is 2. The zero-order valence-electron chi connectivity index (χ0n) is 13.0. The second-order valence-corrected chi connectivity index (χ2v) is 5.46. The number of aryl methyl sites for hydroxylation is 1. The monoisotopic (exact) mass is 306 g/mol. The van der Waals surface area contributed by atoms with E-state index < -0.39 is 0 Å². The molecule has 1 aliphatic carbocycles. The van der Waals surface area contributed by atoms with Crippen molar-refractivity contribution < 1.29 is 9.59 Å². The standard InChI is InChI=1S/C15H22N4O3/c1-3-19-13(20)9-8-12(18-19)15(22)17-11-7-5-4-6-10(11)14(21)16-2/h8-11H,3-7H2,1-2H3,(H,16,21)(H,17,22)/t10-,11+/m0/s1. The highest BCUT2D eigenvalue weighted by atomic mass is 16.2. The predicted octanol–water partition coefficient (Wildman–Crippen LogP) is 0.298. The van der Waals surface area contributed by atoms with Gasteiger partial charge in [0.1, 0.15) is 5.69 Å². The minimum Gasteiger partial charge on any atom is -0.359 e. The average Bonchev–Trinajstić information content (AvgIpc) is 2.55. The molecule has 0 spiro atoms. The van der Waals surface area contributed by atoms with Crippen LogP contribution in [0.3, 0.4) is 0 Å². The Labute approximate surface area is 129 Å². The Kier molecular flexibility index (Phi) is 5.30. The van der Waals surface area contributed by atoms with Crippen molar-refractivity contribution in [3.8, 4) is 0 Å². The van der Waals surface area contributed by atoms with E-state index in [1.54, 1.807) is 14.0 Å². The van der Waals surface area contributed by atoms with Crippen molar-refractivity contribution in [2.75, 3.05) is 7.05 Å². The molecule has 22 heavy (non-hydrogen) atoms. The van der Waals surface area contributed by atoms with Crippen molar-refractivity contribution in [3.63, 3.8) is 0 Å². The fourth-order valence-corrected chi connectivity index (χ4v) is 2.84. The third-order valence-corrected chi connectivity index (χ3v) is 4.06. The molecule has 1 fully saturated rings. The quantitative estimate of drug-likeness (QED) is 0.836. The summed E-state index contributed by atoms with van der Waals surface area (Å²) in [7, 11) is 1.61. The lowest BCUT2D eigenvalue weighted by Crippen LogP contribution is -2.48. The van der Waals surface area contributed by atoms with E-state index in [0.717, 1.165) is 25.7 Å². The van der Waals surface area contributed by atoms with Crippen LogP contribution < -0.4 is 16.2 Å². The summed E-state index contributed by atoms with van der Waals surface area (Å²) < 4.78 is 1.24. The minimum atomic E-state index is -0.344. The third kappa shape index (κ3) is 3.52. The molecule has 7 nitrogen and oxygen atoms in total. The van der Waals surface area contributed by atoms with Crippen LogP contribution in [0, 0.1) is 5.92 Å². The topological polar surface area (TPSA) is 93.1 Å². The number of hydrogen-bond acceptors (Lipinski definition) is 4. The molecule has 1 aromatic heterocycles. The molecule has 0 aromatic carbocycles. The van der Waals surface area contributed by atoms with Gasteiger partial charge in [0, 0.05) is 25.7 Å². The molecule has 0 aliphatic heterocycles. The molecule has 7 heteroatoms. The molecule has 0 unspecified atom stereocenters. The molecule has 0 bridgehead atoms. The van der Waals surface area contributed by atoms with Crippen LogP contribution in [0.5, 0.6) is 0 Å². The molecule has 2 N–H and O–H groups in total. The highest BCUT2D eigenvalue weighted by Crippen LogP contribution is 2.24. The van der Waals surface area contributed by atoms with Gasteiger partial charge in [-0.05, 0) is 25.8 Å². The van der Waals surface area contributed by atoms with Gasteiger partial charge in [0.25, 0.3) is 11.5 Å². The van der Waals surface area contributed by atoms with E-state index in [1.807, 2.05) is 0 Å². The lowest BCUT2D eigenvalue weighted by molar-refractivity contribution is -0.126. The maximum absolute atomic E-state index is 12.3. The summed E-state index contributed by atoms with van der Waals surface area (Å²) >= 11 is 0. The van der Waals surface area contributed by atoms with E-state index in [9.17, 15) is 14.4 Å². The first-order chi connectivity index (χ1) is 10.6. The number of amides is 2. The fraction of sp³-hybridized carbons (Fsp3) is 0.600. The van der Waals surface area contributed by atoms with E-state index in [1.165, 1.54) is 16.8 Å². The first kappa shape index (κ1) is 16.2. The Hall–Kier alpha value is -2.18. The molecule has 2 atom stereocenters. The van der Waals surface area contributed by atoms with Crippen molar-refractivity contribution in [1.29, 1.82) is 0 Å². The molecule has 120 valence electrons. The highest BCUT2D eigenvalue weighted by molar-refractivity contribution is 5.92. The molecule has 1 aromatic rings. The third-order valence-electron chi connectivity index (χ3n) is 4.06. The highest BCUT2D eigenvalue weighted by Gasteiger charge is 2.31. The van der Waals surface area contributed by atoms with Gasteiger partial charge in [-0.15, -0.1) is 0 Å². The Bertz CT molecular complexity index is 611. The molecular weight excluding hydrogens is 284 g/mol. The number of nitrogens with zero attached hydrogens (tertiary/aromatic N) is 2. The number of nitrogens with one attached hydrogen (secondary N) is 2. The second-order valence-electron chi connectivity index (χ2n) is 5.46. The van der Waals surface area contributed by atoms with Gasteiger partial charge >= 0.3 is 0 Å². The second kappa shape index (κ2) is 7.20. The molecule has 2 amide bonds. The van der Waals surface area contributed by atoms with Crippen LogP contribution in [0.25, 0.3) is 0 Å². The number of hydrogen-bond donors (Lipinski definition) is 2. The van der Waals surface area contributed by atoms with Crippen LogP contribution in [0.2, 0.25) is 0 Å². The summed E-state index contributed by atoms with van der Waals surface area (Å²) in [4.78, 5) is 35.8. The summed E-state index contributed by atoms with van der Waals surface area (Å²) in [5, 5.41) is 9.58. The van der Waals surface area contributed by atoms with Crippen LogP contribution in [-0.2, 0) is 11.3 Å². The van der Waals surface area contributed by atoms with E-state index >= 15 is 0 Å². The first-order valence-electron chi connectivity index (χ1n) is 7.67. The van der Waals surface area contributed by atoms with Crippen LogP contribution in [0.15, 0.2) is 16.9 Å². The predicted molar refractivity (Wildman–Crippen MR) is 81.4 cm³/mol. The van der Waals surface area contributed by atoms with Gasteiger partial charge in [-0.2, -0.15) is 5.10 Å². The van der Waals surface area contributed by atoms with Gasteiger partial charge in [0.15, 0.2) is 0 Å². The molecule has 1 saturated carbocycles. The molecule has 0 radical (unpaired) electrons. The van der Waals surface area contributed by atoms with Crippen molar-refractivity contribution in [2.24, 2.45) is 5.92 Å². The number of rotatable bonds is 4. The van der Waals surface area contributed by atoms with Gasteiger partial charge in [-0.3, -0.25) is 14.4 Å². The van der Waals surface area contributed by atoms with Gasteiger partial charge in [-0.1, -0.05) is 12.8 Å². The minimum absolute atomic E-state index is 0.0449. The zero-order valence-corrected chi connectivity index (χ0v) is 13.0. The van der Waals surface area contributed by atoms with Gasteiger partial charge in [0.2, 0.25) is 5.91 Å². The smallest absolute Gasteiger partial charge is 0.271 e. The Balaban J connectivity index is 2.12. The van der Waals surface area contributed by atoms with E-state index in [-0.39, 0.29) is 35.0 Å². The number of carbonyl (C=O) groups is 2. The average molecular weight is 306 g/mol. The normalized spacial score (nSPS) is 21.2. The Morgan fingerprint density at radius 3 is 2.73 bits per heavy atom. The van der Waals surface area contributed by atoms with E-state index in [4.69, 9.17) is 0 Å². The van der Waals surface area contributed by atoms with Crippen LogP contribution >= 0.6 is 0 Å². The lowest BCUT2D eigenvalue weighted by atomic mass is 9.83. The lowest BCUT2D eigenvalue weighted by Gasteiger charge is -2.30. The summed E-state index contributed by atoms with van der Waals surface area (Å²) in [6.45, 7) is 2.20. The Morgan fingerprint density at radius 1 is 1.32 bits per heavy atom.